The third-order valence-corrected chi connectivity index (χ3v) is 6.80. The molecule has 0 aliphatic heterocycles. The van der Waals surface area contributed by atoms with E-state index in [9.17, 15) is 4.79 Å². The van der Waals surface area contributed by atoms with Crippen molar-refractivity contribution >= 4 is 54.1 Å². The first kappa shape index (κ1) is 19.0. The largest absolute Gasteiger partial charge is 0.338 e. The minimum Gasteiger partial charge on any atom is -0.338 e. The molecule has 4 rings (SSSR count). The highest BCUT2D eigenvalue weighted by molar-refractivity contribution is 7.22. The number of hydrogen-bond acceptors (Lipinski definition) is 5. The van der Waals surface area contributed by atoms with E-state index in [2.05, 4.69) is 45.1 Å². The van der Waals surface area contributed by atoms with Gasteiger partial charge in [0.05, 0.1) is 53.1 Å². The van der Waals surface area contributed by atoms with Gasteiger partial charge >= 0.3 is 0 Å². The molecule has 0 fully saturated rings. The van der Waals surface area contributed by atoms with Crippen molar-refractivity contribution < 1.29 is 9.69 Å². The molecule has 0 radical (unpaired) electrons. The number of carbonyl (C=O) groups excluding carboxylic acids is 1. The zero-order valence-electron chi connectivity index (χ0n) is 16.4. The summed E-state index contributed by atoms with van der Waals surface area (Å²) in [6.07, 6.45) is 0. The smallest absolute Gasteiger partial charge is 0.260 e. The molecule has 0 spiro atoms. The Balaban J connectivity index is 1.76. The van der Waals surface area contributed by atoms with Gasteiger partial charge in [0.25, 0.3) is 5.91 Å². The highest BCUT2D eigenvalue weighted by Gasteiger charge is 2.23. The van der Waals surface area contributed by atoms with Crippen molar-refractivity contribution in [2.45, 2.75) is 13.8 Å². The summed E-state index contributed by atoms with van der Waals surface area (Å²) in [6.45, 7) is 5.66. The average molecular weight is 412 g/mol. The van der Waals surface area contributed by atoms with Crippen LogP contribution in [0.4, 0.5) is 5.13 Å². The molecule has 0 bridgehead atoms. The van der Waals surface area contributed by atoms with Crippen LogP contribution in [-0.2, 0) is 0 Å². The fourth-order valence-corrected chi connectivity index (χ4v) is 4.86. The number of nitrogens with one attached hydrogen (secondary N) is 1. The summed E-state index contributed by atoms with van der Waals surface area (Å²) >= 11 is 3.14. The zero-order chi connectivity index (χ0) is 19.8. The Labute approximate surface area is 172 Å². The van der Waals surface area contributed by atoms with E-state index in [4.69, 9.17) is 4.98 Å². The molecule has 5 nitrogen and oxygen atoms in total. The third kappa shape index (κ3) is 3.53. The van der Waals surface area contributed by atoms with Gasteiger partial charge in [0.15, 0.2) is 5.13 Å². The van der Waals surface area contributed by atoms with Crippen LogP contribution in [0.15, 0.2) is 35.8 Å². The predicted molar refractivity (Wildman–Crippen MR) is 118 cm³/mol. The first-order chi connectivity index (χ1) is 13.4. The van der Waals surface area contributed by atoms with Gasteiger partial charge in [-0.2, -0.15) is 0 Å². The van der Waals surface area contributed by atoms with Gasteiger partial charge < -0.3 is 4.90 Å². The first-order valence-electron chi connectivity index (χ1n) is 9.25. The number of nitrogens with zero attached hydrogens (tertiary/aromatic N) is 3. The molecule has 2 aromatic carbocycles. The van der Waals surface area contributed by atoms with E-state index in [1.54, 1.807) is 22.7 Å². The minimum absolute atomic E-state index is 0.00928. The van der Waals surface area contributed by atoms with E-state index in [0.29, 0.717) is 12.1 Å². The monoisotopic (exact) mass is 411 g/mol. The number of carbonyl (C=O) groups is 1. The molecule has 28 heavy (non-hydrogen) atoms. The van der Waals surface area contributed by atoms with E-state index in [1.807, 2.05) is 28.6 Å². The number of anilines is 1. The molecular weight excluding hydrogens is 388 g/mol. The Hall–Kier alpha value is -2.35. The van der Waals surface area contributed by atoms with Gasteiger partial charge in [0.1, 0.15) is 0 Å². The molecule has 0 unspecified atom stereocenters. The highest BCUT2D eigenvalue weighted by Crippen LogP contribution is 2.32. The Bertz CT molecular complexity index is 1160. The lowest BCUT2D eigenvalue weighted by Crippen LogP contribution is -3.06. The topological polar surface area (TPSA) is 50.5 Å². The fraction of sp³-hybridized carbons (Fsp3) is 0.286. The van der Waals surface area contributed by atoms with Crippen LogP contribution in [0.1, 0.15) is 21.5 Å². The zero-order valence-corrected chi connectivity index (χ0v) is 18.1. The van der Waals surface area contributed by atoms with Gasteiger partial charge in [-0.05, 0) is 49.2 Å². The van der Waals surface area contributed by atoms with Crippen molar-refractivity contribution in [3.8, 4) is 0 Å². The van der Waals surface area contributed by atoms with Gasteiger partial charge in [-0.15, -0.1) is 11.3 Å². The number of benzene rings is 2. The number of rotatable bonds is 5. The molecule has 0 saturated heterocycles. The summed E-state index contributed by atoms with van der Waals surface area (Å²) in [4.78, 5) is 25.7. The molecule has 144 valence electrons. The van der Waals surface area contributed by atoms with Crippen molar-refractivity contribution in [1.82, 2.24) is 9.97 Å². The third-order valence-electron chi connectivity index (χ3n) is 4.96. The second-order valence-corrected chi connectivity index (χ2v) is 9.19. The molecule has 0 aliphatic rings. The summed E-state index contributed by atoms with van der Waals surface area (Å²) in [6, 6.07) is 9.94. The van der Waals surface area contributed by atoms with Crippen molar-refractivity contribution in [3.05, 3.63) is 52.5 Å². The molecule has 2 aromatic heterocycles. The van der Waals surface area contributed by atoms with Crippen LogP contribution in [0.3, 0.4) is 0 Å². The maximum absolute atomic E-state index is 13.4. The minimum atomic E-state index is -0.00928. The summed E-state index contributed by atoms with van der Waals surface area (Å²) in [5, 5.41) is 0.763. The number of hydrogen-bond donors (Lipinski definition) is 1. The maximum atomic E-state index is 13.4. The van der Waals surface area contributed by atoms with Crippen LogP contribution >= 0.6 is 22.7 Å². The van der Waals surface area contributed by atoms with Crippen LogP contribution in [0.2, 0.25) is 0 Å². The fourth-order valence-electron chi connectivity index (χ4n) is 3.09. The molecule has 0 saturated carbocycles. The quantitative estimate of drug-likeness (QED) is 0.548. The van der Waals surface area contributed by atoms with Gasteiger partial charge in [0, 0.05) is 5.56 Å². The van der Waals surface area contributed by atoms with Crippen LogP contribution in [0.5, 0.6) is 0 Å². The van der Waals surface area contributed by atoms with Crippen molar-refractivity contribution in [2.24, 2.45) is 0 Å². The van der Waals surface area contributed by atoms with Crippen LogP contribution in [-0.4, -0.2) is 43.1 Å². The standard InChI is InChI=1S/C21H22N4OS2/c1-13-5-8-17-19(14(13)2)23-21(28-17)25(10-9-24(3)4)20(26)15-6-7-16-18(11-15)27-12-22-16/h5-8,11-12H,9-10H2,1-4H3/p+1. The highest BCUT2D eigenvalue weighted by atomic mass is 32.1. The van der Waals surface area contributed by atoms with Crippen LogP contribution < -0.4 is 9.80 Å². The summed E-state index contributed by atoms with van der Waals surface area (Å²) in [5.41, 5.74) is 6.81. The molecule has 2 heterocycles. The molecular formula is C21H23N4OS2+. The molecule has 0 aliphatic carbocycles. The number of fused-ring (bicyclic) bond motifs is 2. The van der Waals surface area contributed by atoms with Crippen molar-refractivity contribution in [3.63, 3.8) is 0 Å². The summed E-state index contributed by atoms with van der Waals surface area (Å²) < 4.78 is 2.14. The Kier molecular flexibility index (Phi) is 5.14. The lowest BCUT2D eigenvalue weighted by atomic mass is 10.1. The summed E-state index contributed by atoms with van der Waals surface area (Å²) in [7, 11) is 4.19. The number of quaternary nitrogens is 1. The van der Waals surface area contributed by atoms with Gasteiger partial charge in [-0.1, -0.05) is 17.4 Å². The number of aromatic nitrogens is 2. The predicted octanol–water partition coefficient (Wildman–Crippen LogP) is 3.31. The first-order valence-corrected chi connectivity index (χ1v) is 10.9. The maximum Gasteiger partial charge on any atom is 0.260 e. The normalized spacial score (nSPS) is 11.6. The lowest BCUT2D eigenvalue weighted by Gasteiger charge is -2.20. The molecule has 0 atom stereocenters. The van der Waals surface area contributed by atoms with E-state index >= 15 is 0 Å². The van der Waals surface area contributed by atoms with Crippen molar-refractivity contribution in [2.75, 3.05) is 32.1 Å². The van der Waals surface area contributed by atoms with Gasteiger partial charge in [0.2, 0.25) is 0 Å². The number of thiazole rings is 2. The lowest BCUT2D eigenvalue weighted by molar-refractivity contribution is -0.856. The molecule has 4 aromatic rings. The van der Waals surface area contributed by atoms with Crippen molar-refractivity contribution in [1.29, 1.82) is 0 Å². The Morgan fingerprint density at radius 2 is 1.96 bits per heavy atom. The molecule has 1 amide bonds. The second kappa shape index (κ2) is 7.58. The van der Waals surface area contributed by atoms with E-state index in [1.165, 1.54) is 16.0 Å². The number of likely N-dealkylation sites (N-methyl/N-ethyl adjacent to an activating group) is 1. The molecule has 1 N–H and O–H groups in total. The second-order valence-electron chi connectivity index (χ2n) is 7.30. The number of aryl methyl sites for hydroxylation is 2. The van der Waals surface area contributed by atoms with Crippen LogP contribution in [0, 0.1) is 13.8 Å². The Morgan fingerprint density at radius 3 is 2.75 bits per heavy atom. The van der Waals surface area contributed by atoms with E-state index in [0.717, 1.165) is 32.1 Å². The summed E-state index contributed by atoms with van der Waals surface area (Å²) in [5.74, 6) is -0.00928. The average Bonchev–Trinajstić information content (AvgIpc) is 3.31. The van der Waals surface area contributed by atoms with Crippen LogP contribution in [0.25, 0.3) is 20.4 Å². The molecule has 7 heteroatoms. The van der Waals surface area contributed by atoms with Gasteiger partial charge in [-0.3, -0.25) is 9.69 Å². The number of amides is 1. The van der Waals surface area contributed by atoms with E-state index < -0.39 is 0 Å². The SMILES string of the molecule is Cc1ccc2sc(N(CC[NH+](C)C)C(=O)c3ccc4ncsc4c3)nc2c1C. The Morgan fingerprint density at radius 1 is 1.14 bits per heavy atom. The van der Waals surface area contributed by atoms with Gasteiger partial charge in [-0.25, -0.2) is 9.97 Å². The van der Waals surface area contributed by atoms with E-state index in [-0.39, 0.29) is 5.91 Å².